The Morgan fingerprint density at radius 1 is 1.15 bits per heavy atom. The maximum atomic E-state index is 13.6. The Hall–Kier alpha value is -4.40. The average Bonchev–Trinajstić information content (AvgIpc) is 3.41. The molecule has 3 N–H and O–H groups in total. The molecule has 1 aromatic heterocycles. The van der Waals surface area contributed by atoms with Crippen molar-refractivity contribution in [3.63, 3.8) is 0 Å². The zero-order chi connectivity index (χ0) is 30.0. The third kappa shape index (κ3) is 9.63. The van der Waals surface area contributed by atoms with E-state index in [-0.39, 0.29) is 40.1 Å². The van der Waals surface area contributed by atoms with Gasteiger partial charge in [-0.2, -0.15) is 18.4 Å². The van der Waals surface area contributed by atoms with Crippen LogP contribution in [0.15, 0.2) is 52.1 Å². The quantitative estimate of drug-likeness (QED) is 0.120. The standard InChI is InChI=1S/C22H22FN7O4S.C2HF3O/c23-19-6-5-18(11-17(19)12-24)26-22(27-31)20-21(29-34-28-20)25-13-15-1-3-16(4-2-15)14-30-7-9-35(32,33)10-8-30;3-2(4,5)1-6/h1-6,11,31H,7-10,13-14H2,(H,25,29)(H,26,27);1H. The molecule has 3 aromatic rings. The number of nitrogens with zero attached hydrogens (tertiary/aromatic N) is 5. The summed E-state index contributed by atoms with van der Waals surface area (Å²) in [6, 6.07) is 13.2. The van der Waals surface area contributed by atoms with Gasteiger partial charge in [0.15, 0.2) is 21.4 Å². The van der Waals surface area contributed by atoms with Crippen LogP contribution in [-0.2, 0) is 27.7 Å². The molecule has 41 heavy (non-hydrogen) atoms. The number of halogens is 4. The van der Waals surface area contributed by atoms with Crippen molar-refractivity contribution < 1.29 is 40.6 Å². The van der Waals surface area contributed by atoms with Crippen molar-refractivity contribution in [2.24, 2.45) is 4.99 Å². The van der Waals surface area contributed by atoms with Crippen molar-refractivity contribution >= 4 is 33.5 Å². The highest BCUT2D eigenvalue weighted by molar-refractivity contribution is 7.91. The summed E-state index contributed by atoms with van der Waals surface area (Å²) in [4.78, 5) is 15.0. The van der Waals surface area contributed by atoms with Crippen LogP contribution in [-0.4, -0.2) is 71.7 Å². The van der Waals surface area contributed by atoms with Crippen molar-refractivity contribution in [3.8, 4) is 6.07 Å². The Labute approximate surface area is 231 Å². The van der Waals surface area contributed by atoms with Crippen molar-refractivity contribution in [2.75, 3.05) is 29.9 Å². The SMILES string of the molecule is N#Cc1cc(N=C(NO)c2nonc2NCc2ccc(CN3CCS(=O)(=O)CC3)cc2)ccc1F.O=CC(F)(F)F. The maximum Gasteiger partial charge on any atom is 0.446 e. The van der Waals surface area contributed by atoms with Gasteiger partial charge in [-0.3, -0.25) is 20.4 Å². The number of hydrogen-bond donors (Lipinski definition) is 3. The minimum Gasteiger partial charge on any atom is -0.361 e. The van der Waals surface area contributed by atoms with E-state index in [2.05, 4.69) is 25.5 Å². The molecule has 0 saturated carbocycles. The summed E-state index contributed by atoms with van der Waals surface area (Å²) < 4.78 is 72.7. The predicted molar refractivity (Wildman–Crippen MR) is 136 cm³/mol. The smallest absolute Gasteiger partial charge is 0.361 e. The molecule has 0 amide bonds. The molecule has 12 nitrogen and oxygen atoms in total. The molecule has 0 unspecified atom stereocenters. The van der Waals surface area contributed by atoms with Gasteiger partial charge >= 0.3 is 6.18 Å². The lowest BCUT2D eigenvalue weighted by atomic mass is 10.1. The first-order valence-corrected chi connectivity index (χ1v) is 13.5. The summed E-state index contributed by atoms with van der Waals surface area (Å²) in [6.07, 6.45) is -5.70. The monoisotopic (exact) mass is 597 g/mol. The molecule has 0 aliphatic carbocycles. The first-order valence-electron chi connectivity index (χ1n) is 11.7. The van der Waals surface area contributed by atoms with E-state index in [9.17, 15) is 31.2 Å². The van der Waals surface area contributed by atoms with E-state index in [1.54, 1.807) is 6.07 Å². The topological polar surface area (TPSA) is 174 Å². The van der Waals surface area contributed by atoms with Gasteiger partial charge in [-0.1, -0.05) is 24.3 Å². The fourth-order valence-corrected chi connectivity index (χ4v) is 4.78. The van der Waals surface area contributed by atoms with E-state index in [1.807, 2.05) is 29.7 Å². The van der Waals surface area contributed by atoms with E-state index in [0.29, 0.717) is 26.2 Å². The number of benzene rings is 2. The number of aldehydes is 1. The molecule has 0 bridgehead atoms. The Morgan fingerprint density at radius 3 is 2.37 bits per heavy atom. The second kappa shape index (κ2) is 13.8. The van der Waals surface area contributed by atoms with Crippen LogP contribution in [0.2, 0.25) is 0 Å². The van der Waals surface area contributed by atoms with E-state index in [4.69, 9.17) is 14.7 Å². The Morgan fingerprint density at radius 2 is 1.78 bits per heavy atom. The van der Waals surface area contributed by atoms with Crippen LogP contribution in [0.3, 0.4) is 0 Å². The predicted octanol–water partition coefficient (Wildman–Crippen LogP) is 2.73. The third-order valence-electron chi connectivity index (χ3n) is 5.59. The summed E-state index contributed by atoms with van der Waals surface area (Å²) in [5.74, 6) is -0.185. The summed E-state index contributed by atoms with van der Waals surface area (Å²) in [7, 11) is -2.90. The number of hydrogen-bond acceptors (Lipinski definition) is 11. The number of sulfone groups is 1. The zero-order valence-corrected chi connectivity index (χ0v) is 21.9. The largest absolute Gasteiger partial charge is 0.446 e. The molecule has 4 rings (SSSR count). The Balaban J connectivity index is 0.000000696. The van der Waals surface area contributed by atoms with Gasteiger partial charge in [-0.05, 0) is 39.6 Å². The van der Waals surface area contributed by atoms with Crippen molar-refractivity contribution in [3.05, 3.63) is 70.7 Å². The lowest BCUT2D eigenvalue weighted by Gasteiger charge is -2.26. The van der Waals surface area contributed by atoms with Crippen molar-refractivity contribution in [1.82, 2.24) is 20.7 Å². The van der Waals surface area contributed by atoms with Crippen LogP contribution in [0.4, 0.5) is 29.1 Å². The molecule has 0 radical (unpaired) electrons. The molecular formula is C24H23F4N7O5S. The van der Waals surface area contributed by atoms with Gasteiger partial charge in [-0.15, -0.1) is 0 Å². The summed E-state index contributed by atoms with van der Waals surface area (Å²) in [5, 5.41) is 29.2. The maximum absolute atomic E-state index is 13.6. The number of hydroxylamine groups is 1. The fourth-order valence-electron chi connectivity index (χ4n) is 3.50. The Bertz CT molecular complexity index is 1510. The molecule has 2 aromatic carbocycles. The number of carbonyl (C=O) groups is 1. The first kappa shape index (κ1) is 31.1. The fraction of sp³-hybridized carbons (Fsp3) is 0.292. The zero-order valence-electron chi connectivity index (χ0n) is 21.1. The highest BCUT2D eigenvalue weighted by Gasteiger charge is 2.25. The lowest BCUT2D eigenvalue weighted by molar-refractivity contribution is -0.156. The molecule has 1 aliphatic rings. The summed E-state index contributed by atoms with van der Waals surface area (Å²) >= 11 is 0. The molecule has 2 heterocycles. The van der Waals surface area contributed by atoms with Crippen LogP contribution >= 0.6 is 0 Å². The summed E-state index contributed by atoms with van der Waals surface area (Å²) in [5.41, 5.74) is 4.06. The molecule has 1 saturated heterocycles. The van der Waals surface area contributed by atoms with E-state index in [0.717, 1.165) is 17.2 Å². The number of amidine groups is 1. The average molecular weight is 598 g/mol. The third-order valence-corrected chi connectivity index (χ3v) is 7.20. The first-order chi connectivity index (χ1) is 19.4. The Kier molecular flexibility index (Phi) is 10.5. The minimum atomic E-state index is -4.64. The highest BCUT2D eigenvalue weighted by atomic mass is 32.2. The van der Waals surface area contributed by atoms with Crippen LogP contribution in [0.25, 0.3) is 0 Å². The number of nitriles is 1. The number of aliphatic imine (C=N–C) groups is 1. The van der Waals surface area contributed by atoms with E-state index >= 15 is 0 Å². The van der Waals surface area contributed by atoms with Gasteiger partial charge in [-0.25, -0.2) is 22.4 Å². The van der Waals surface area contributed by atoms with Gasteiger partial charge in [0.05, 0.1) is 22.8 Å². The molecular weight excluding hydrogens is 574 g/mol. The molecule has 1 aliphatic heterocycles. The second-order valence-corrected chi connectivity index (χ2v) is 10.9. The number of alkyl halides is 3. The summed E-state index contributed by atoms with van der Waals surface area (Å²) in [6.45, 7) is 2.12. The van der Waals surface area contributed by atoms with Gasteiger partial charge in [0.2, 0.25) is 12.1 Å². The van der Waals surface area contributed by atoms with Crippen molar-refractivity contribution in [2.45, 2.75) is 19.3 Å². The number of anilines is 1. The molecule has 0 atom stereocenters. The van der Waals surface area contributed by atoms with E-state index < -0.39 is 28.1 Å². The van der Waals surface area contributed by atoms with Crippen LogP contribution in [0.5, 0.6) is 0 Å². The highest BCUT2D eigenvalue weighted by Crippen LogP contribution is 2.20. The van der Waals surface area contributed by atoms with E-state index in [1.165, 1.54) is 12.1 Å². The van der Waals surface area contributed by atoms with Crippen LogP contribution < -0.4 is 10.8 Å². The van der Waals surface area contributed by atoms with Crippen molar-refractivity contribution in [1.29, 1.82) is 5.26 Å². The molecule has 1 fully saturated rings. The molecule has 17 heteroatoms. The molecule has 218 valence electrons. The van der Waals surface area contributed by atoms with Crippen LogP contribution in [0, 0.1) is 17.1 Å². The minimum absolute atomic E-state index is 0.0898. The van der Waals surface area contributed by atoms with Gasteiger partial charge in [0.25, 0.3) is 0 Å². The van der Waals surface area contributed by atoms with Gasteiger partial charge in [0, 0.05) is 26.2 Å². The van der Waals surface area contributed by atoms with Gasteiger partial charge in [0.1, 0.15) is 11.9 Å². The number of nitrogens with one attached hydrogen (secondary N) is 2. The second-order valence-electron chi connectivity index (χ2n) is 8.57. The normalized spacial score (nSPS) is 15.3. The van der Waals surface area contributed by atoms with Crippen LogP contribution in [0.1, 0.15) is 22.4 Å². The number of aromatic nitrogens is 2. The number of carbonyl (C=O) groups excluding carboxylic acids is 1. The molecule has 0 spiro atoms. The lowest BCUT2D eigenvalue weighted by Crippen LogP contribution is -2.39. The number of rotatable bonds is 7. The van der Waals surface area contributed by atoms with Gasteiger partial charge < -0.3 is 5.32 Å².